The monoisotopic (exact) mass is 285 g/mol. The zero-order chi connectivity index (χ0) is 15.8. The Kier molecular flexibility index (Phi) is 6.42. The smallest absolute Gasteiger partial charge is 0.165 e. The SMILES string of the molecule is CC.COc1ccc(C(C)c2ccc(C#N)cc2)cc1F. The highest BCUT2D eigenvalue weighted by Gasteiger charge is 2.11. The first-order chi connectivity index (χ1) is 10.2. The molecule has 0 amide bonds. The molecule has 2 nitrogen and oxygen atoms in total. The first-order valence-electron chi connectivity index (χ1n) is 6.99. The predicted molar refractivity (Wildman–Crippen MR) is 83.0 cm³/mol. The van der Waals surface area contributed by atoms with Crippen molar-refractivity contribution in [1.29, 1.82) is 5.26 Å². The van der Waals surface area contributed by atoms with Crippen molar-refractivity contribution in [1.82, 2.24) is 0 Å². The fraction of sp³-hybridized carbons (Fsp3) is 0.278. The molecular weight excluding hydrogens is 265 g/mol. The first kappa shape index (κ1) is 16.7. The number of nitriles is 1. The molecule has 0 saturated carbocycles. The number of benzene rings is 2. The van der Waals surface area contributed by atoms with E-state index in [1.54, 1.807) is 18.2 Å². The molecule has 1 unspecified atom stereocenters. The lowest BCUT2D eigenvalue weighted by atomic mass is 9.92. The largest absolute Gasteiger partial charge is 0.494 e. The van der Waals surface area contributed by atoms with E-state index >= 15 is 0 Å². The van der Waals surface area contributed by atoms with Gasteiger partial charge in [0.25, 0.3) is 0 Å². The quantitative estimate of drug-likeness (QED) is 0.804. The van der Waals surface area contributed by atoms with E-state index in [2.05, 4.69) is 6.07 Å². The fourth-order valence-corrected chi connectivity index (χ4v) is 1.99. The summed E-state index contributed by atoms with van der Waals surface area (Å²) in [5.41, 5.74) is 2.54. The second-order valence-corrected chi connectivity index (χ2v) is 4.35. The molecule has 0 heterocycles. The van der Waals surface area contributed by atoms with Gasteiger partial charge in [0.1, 0.15) is 0 Å². The second-order valence-electron chi connectivity index (χ2n) is 4.35. The van der Waals surface area contributed by atoms with Gasteiger partial charge in [0.05, 0.1) is 18.7 Å². The van der Waals surface area contributed by atoms with Gasteiger partial charge in [-0.2, -0.15) is 5.26 Å². The highest BCUT2D eigenvalue weighted by molar-refractivity contribution is 5.39. The lowest BCUT2D eigenvalue weighted by molar-refractivity contribution is 0.386. The summed E-state index contributed by atoms with van der Waals surface area (Å²) in [7, 11) is 1.45. The van der Waals surface area contributed by atoms with Crippen molar-refractivity contribution >= 4 is 0 Å². The molecule has 110 valence electrons. The Morgan fingerprint density at radius 1 is 1.05 bits per heavy atom. The van der Waals surface area contributed by atoms with Gasteiger partial charge < -0.3 is 4.74 Å². The minimum Gasteiger partial charge on any atom is -0.494 e. The van der Waals surface area contributed by atoms with Gasteiger partial charge in [0.15, 0.2) is 11.6 Å². The van der Waals surface area contributed by atoms with Gasteiger partial charge in [-0.3, -0.25) is 0 Å². The maximum Gasteiger partial charge on any atom is 0.165 e. The summed E-state index contributed by atoms with van der Waals surface area (Å²) in [6.45, 7) is 6.00. The number of ether oxygens (including phenoxy) is 1. The molecule has 0 aromatic heterocycles. The molecule has 0 aliphatic rings. The normalized spacial score (nSPS) is 10.9. The highest BCUT2D eigenvalue weighted by Crippen LogP contribution is 2.27. The van der Waals surface area contributed by atoms with Crippen LogP contribution in [-0.4, -0.2) is 7.11 Å². The van der Waals surface area contributed by atoms with Crippen LogP contribution in [0.3, 0.4) is 0 Å². The van der Waals surface area contributed by atoms with Gasteiger partial charge in [0.2, 0.25) is 0 Å². The van der Waals surface area contributed by atoms with E-state index in [0.717, 1.165) is 11.1 Å². The van der Waals surface area contributed by atoms with Crippen LogP contribution in [0.2, 0.25) is 0 Å². The molecule has 3 heteroatoms. The molecule has 0 radical (unpaired) electrons. The van der Waals surface area contributed by atoms with Crippen LogP contribution in [0.15, 0.2) is 42.5 Å². The molecule has 2 rings (SSSR count). The first-order valence-corrected chi connectivity index (χ1v) is 6.99. The van der Waals surface area contributed by atoms with Crippen LogP contribution in [0.4, 0.5) is 4.39 Å². The maximum atomic E-state index is 13.7. The topological polar surface area (TPSA) is 33.0 Å². The van der Waals surface area contributed by atoms with E-state index < -0.39 is 0 Å². The maximum absolute atomic E-state index is 13.7. The van der Waals surface area contributed by atoms with E-state index in [4.69, 9.17) is 10.00 Å². The molecule has 0 fully saturated rings. The Labute approximate surface area is 125 Å². The Morgan fingerprint density at radius 3 is 2.10 bits per heavy atom. The van der Waals surface area contributed by atoms with Crippen molar-refractivity contribution in [3.8, 4) is 11.8 Å². The van der Waals surface area contributed by atoms with Crippen LogP contribution in [0.5, 0.6) is 5.75 Å². The Bertz CT molecular complexity index is 614. The summed E-state index contributed by atoms with van der Waals surface area (Å²) < 4.78 is 18.6. The van der Waals surface area contributed by atoms with Crippen molar-refractivity contribution in [2.24, 2.45) is 0 Å². The minimum atomic E-state index is -0.361. The van der Waals surface area contributed by atoms with Gasteiger partial charge in [-0.05, 0) is 35.4 Å². The lowest BCUT2D eigenvalue weighted by Gasteiger charge is -2.13. The number of hydrogen-bond acceptors (Lipinski definition) is 2. The summed E-state index contributed by atoms with van der Waals surface area (Å²) >= 11 is 0. The molecule has 21 heavy (non-hydrogen) atoms. The molecule has 0 bridgehead atoms. The minimum absolute atomic E-state index is 0.0631. The Morgan fingerprint density at radius 2 is 1.62 bits per heavy atom. The number of nitrogens with zero attached hydrogens (tertiary/aromatic N) is 1. The molecule has 0 saturated heterocycles. The number of methoxy groups -OCH3 is 1. The van der Waals surface area contributed by atoms with Crippen LogP contribution < -0.4 is 4.74 Å². The molecule has 1 atom stereocenters. The third kappa shape index (κ3) is 4.06. The van der Waals surface area contributed by atoms with Gasteiger partial charge in [-0.1, -0.05) is 39.0 Å². The van der Waals surface area contributed by atoms with Crippen molar-refractivity contribution in [3.63, 3.8) is 0 Å². The third-order valence-electron chi connectivity index (χ3n) is 3.22. The molecule has 0 N–H and O–H groups in total. The molecule has 2 aromatic rings. The van der Waals surface area contributed by atoms with Crippen LogP contribution in [0.25, 0.3) is 0 Å². The molecule has 0 spiro atoms. The van der Waals surface area contributed by atoms with Crippen molar-refractivity contribution < 1.29 is 9.13 Å². The van der Waals surface area contributed by atoms with Crippen LogP contribution in [0, 0.1) is 17.1 Å². The van der Waals surface area contributed by atoms with E-state index in [1.807, 2.05) is 39.0 Å². The van der Waals surface area contributed by atoms with E-state index in [-0.39, 0.29) is 17.5 Å². The zero-order valence-corrected chi connectivity index (χ0v) is 12.9. The summed E-state index contributed by atoms with van der Waals surface area (Å²) in [5.74, 6) is -0.0515. The molecule has 0 aliphatic carbocycles. The van der Waals surface area contributed by atoms with E-state index in [9.17, 15) is 4.39 Å². The molecular formula is C18H20FNO. The second kappa shape index (κ2) is 8.06. The van der Waals surface area contributed by atoms with Crippen molar-refractivity contribution in [3.05, 3.63) is 65.0 Å². The average Bonchev–Trinajstić information content (AvgIpc) is 2.56. The lowest BCUT2D eigenvalue weighted by Crippen LogP contribution is -1.98. The average molecular weight is 285 g/mol. The van der Waals surface area contributed by atoms with Crippen LogP contribution in [0.1, 0.15) is 43.4 Å². The number of rotatable bonds is 3. The van der Waals surface area contributed by atoms with Crippen molar-refractivity contribution in [2.45, 2.75) is 26.7 Å². The standard InChI is InChI=1S/C16H14FNO.C2H6/c1-11(13-5-3-12(10-18)4-6-13)14-7-8-16(19-2)15(17)9-14;1-2/h3-9,11H,1-2H3;1-2H3. The van der Waals surface area contributed by atoms with Gasteiger partial charge in [-0.25, -0.2) is 4.39 Å². The van der Waals surface area contributed by atoms with Gasteiger partial charge in [-0.15, -0.1) is 0 Å². The molecule has 2 aromatic carbocycles. The van der Waals surface area contributed by atoms with E-state index in [1.165, 1.54) is 13.2 Å². The van der Waals surface area contributed by atoms with Crippen LogP contribution >= 0.6 is 0 Å². The predicted octanol–water partition coefficient (Wildman–Crippen LogP) is 4.88. The summed E-state index contributed by atoms with van der Waals surface area (Å²) in [5, 5.41) is 8.76. The fourth-order valence-electron chi connectivity index (χ4n) is 1.99. The van der Waals surface area contributed by atoms with Gasteiger partial charge >= 0.3 is 0 Å². The highest BCUT2D eigenvalue weighted by atomic mass is 19.1. The summed E-state index contributed by atoms with van der Waals surface area (Å²) in [6.07, 6.45) is 0. The van der Waals surface area contributed by atoms with Crippen LogP contribution in [-0.2, 0) is 0 Å². The summed E-state index contributed by atoms with van der Waals surface area (Å²) in [4.78, 5) is 0. The Hall–Kier alpha value is -2.34. The Balaban J connectivity index is 0.00000106. The third-order valence-corrected chi connectivity index (χ3v) is 3.22. The number of hydrogen-bond donors (Lipinski definition) is 0. The van der Waals surface area contributed by atoms with Crippen molar-refractivity contribution in [2.75, 3.05) is 7.11 Å². The number of halogens is 1. The zero-order valence-electron chi connectivity index (χ0n) is 12.9. The van der Waals surface area contributed by atoms with E-state index in [0.29, 0.717) is 5.56 Å². The summed E-state index contributed by atoms with van der Waals surface area (Å²) in [6, 6.07) is 14.4. The van der Waals surface area contributed by atoms with Gasteiger partial charge in [0, 0.05) is 5.92 Å². The molecule has 0 aliphatic heterocycles.